The van der Waals surface area contributed by atoms with Crippen molar-refractivity contribution in [3.8, 4) is 0 Å². The topological polar surface area (TPSA) is 63.3 Å². The van der Waals surface area contributed by atoms with E-state index in [4.69, 9.17) is 4.74 Å². The number of ketones is 1. The summed E-state index contributed by atoms with van der Waals surface area (Å²) in [6.07, 6.45) is 0. The molecule has 0 aromatic heterocycles. The Bertz CT molecular complexity index is 379. The molecule has 0 aromatic rings. The van der Waals surface area contributed by atoms with E-state index >= 15 is 0 Å². The van der Waals surface area contributed by atoms with Gasteiger partial charge >= 0.3 is 0 Å². The van der Waals surface area contributed by atoms with E-state index in [9.17, 15) is 4.79 Å². The summed E-state index contributed by atoms with van der Waals surface area (Å²) in [6, 6.07) is 0. The molecule has 2 rings (SSSR count). The van der Waals surface area contributed by atoms with Crippen LogP contribution in [0.25, 0.3) is 0 Å². The third-order valence-electron chi connectivity index (χ3n) is 5.21. The van der Waals surface area contributed by atoms with Crippen molar-refractivity contribution in [1.29, 1.82) is 0 Å². The third kappa shape index (κ3) is 20.9. The molecule has 2 N–H and O–H groups in total. The van der Waals surface area contributed by atoms with E-state index in [0.29, 0.717) is 6.54 Å². The standard InChI is InChI=1S/C10H22N3O.C10H20N3O.2CH3.2Y/c1-11-3-4-12-5-7-13(8-6-12)9-10-14-2;1-10(14)9-13-7-5-12(6-8-13)4-3-11-2;;;;/h11H,2-10H2,1H3;11H,2-9H2,1H3;2*1H3;;/q4*-1;;. The van der Waals surface area contributed by atoms with Gasteiger partial charge in [0.25, 0.3) is 0 Å². The maximum Gasteiger partial charge on any atom is 0.143 e. The minimum absolute atomic E-state index is 0. The van der Waals surface area contributed by atoms with E-state index in [1.807, 2.05) is 7.05 Å². The summed E-state index contributed by atoms with van der Waals surface area (Å²) in [6.45, 7) is 17.1. The van der Waals surface area contributed by atoms with Gasteiger partial charge in [0.2, 0.25) is 0 Å². The van der Waals surface area contributed by atoms with E-state index in [2.05, 4.69) is 44.4 Å². The SMILES string of the molecule is [CH2-]NCCN1CCN(CC(C)=O)CC1.[CH2-]OCCN1CCN(CCNC)CC1.[CH3-].[CH3-].[Y].[Y]. The molecule has 8 nitrogen and oxygen atoms in total. The van der Waals surface area contributed by atoms with Gasteiger partial charge in [-0.3, -0.25) is 31.4 Å². The number of hydrogen-bond donors (Lipinski definition) is 2. The minimum atomic E-state index is 0. The zero-order chi connectivity index (χ0) is 20.6. The summed E-state index contributed by atoms with van der Waals surface area (Å²) in [4.78, 5) is 20.4. The van der Waals surface area contributed by atoms with Gasteiger partial charge in [-0.2, -0.15) is 0 Å². The Hall–Kier alpha value is 1.60. The Kier molecular flexibility index (Phi) is 34.6. The van der Waals surface area contributed by atoms with Gasteiger partial charge < -0.3 is 30.2 Å². The monoisotopic (exact) mass is 606 g/mol. The number of Topliss-reactive ketones (excluding diaryl/α,β-unsaturated/α-hetero) is 1. The summed E-state index contributed by atoms with van der Waals surface area (Å²) in [5, 5.41) is 6.08. The van der Waals surface area contributed by atoms with Crippen LogP contribution in [0.4, 0.5) is 0 Å². The summed E-state index contributed by atoms with van der Waals surface area (Å²) in [7, 11) is 8.97. The number of piperazine rings is 2. The van der Waals surface area contributed by atoms with E-state index in [-0.39, 0.29) is 86.1 Å². The van der Waals surface area contributed by atoms with Crippen LogP contribution in [-0.2, 0) is 74.9 Å². The number of ether oxygens (including phenoxy) is 1. The Morgan fingerprint density at radius 3 is 1.59 bits per heavy atom. The molecule has 10 heteroatoms. The van der Waals surface area contributed by atoms with Crippen molar-refractivity contribution >= 4 is 5.78 Å². The van der Waals surface area contributed by atoms with Crippen molar-refractivity contribution in [2.45, 2.75) is 6.92 Å². The van der Waals surface area contributed by atoms with Gasteiger partial charge in [0.1, 0.15) is 5.78 Å². The van der Waals surface area contributed by atoms with Gasteiger partial charge in [-0.15, -0.1) is 0 Å². The van der Waals surface area contributed by atoms with Crippen LogP contribution in [0.5, 0.6) is 0 Å². The van der Waals surface area contributed by atoms with Crippen LogP contribution in [0.2, 0.25) is 0 Å². The van der Waals surface area contributed by atoms with Crippen LogP contribution in [0.1, 0.15) is 6.92 Å². The second kappa shape index (κ2) is 27.2. The molecule has 32 heavy (non-hydrogen) atoms. The van der Waals surface area contributed by atoms with Crippen LogP contribution in [0.3, 0.4) is 0 Å². The molecule has 0 amide bonds. The fourth-order valence-electron chi connectivity index (χ4n) is 3.42. The molecule has 0 aliphatic carbocycles. The second-order valence-corrected chi connectivity index (χ2v) is 7.51. The van der Waals surface area contributed by atoms with Gasteiger partial charge in [0.05, 0.1) is 6.54 Å². The molecule has 2 aliphatic rings. The van der Waals surface area contributed by atoms with Gasteiger partial charge in [-0.05, 0) is 20.5 Å². The fraction of sp³-hybridized carbons (Fsp3) is 0.773. The third-order valence-corrected chi connectivity index (χ3v) is 5.21. The minimum Gasteiger partial charge on any atom is -0.554 e. The number of hydrogen-bond acceptors (Lipinski definition) is 8. The molecular weight excluding hydrogens is 558 g/mol. The normalized spacial score (nSPS) is 17.5. The predicted molar refractivity (Wildman–Crippen MR) is 128 cm³/mol. The maximum atomic E-state index is 10.9. The Morgan fingerprint density at radius 2 is 1.22 bits per heavy atom. The molecule has 2 fully saturated rings. The van der Waals surface area contributed by atoms with Crippen molar-refractivity contribution in [3.63, 3.8) is 0 Å². The van der Waals surface area contributed by atoms with E-state index in [0.717, 1.165) is 78.6 Å². The molecular formula is C22H48N6O2Y2-4. The zero-order valence-electron chi connectivity index (χ0n) is 21.3. The Balaban J connectivity index is -0.000000218. The molecule has 2 radical (unpaired) electrons. The van der Waals surface area contributed by atoms with E-state index < -0.39 is 0 Å². The van der Waals surface area contributed by atoms with Crippen LogP contribution < -0.4 is 10.6 Å². The van der Waals surface area contributed by atoms with E-state index in [1.54, 1.807) is 6.92 Å². The molecule has 0 atom stereocenters. The van der Waals surface area contributed by atoms with Gasteiger partial charge in [-0.25, -0.2) is 7.11 Å². The maximum absolute atomic E-state index is 10.9. The number of nitrogens with zero attached hydrogens (tertiary/aromatic N) is 4. The first-order chi connectivity index (χ1) is 13.6. The number of carbonyl (C=O) groups is 1. The molecule has 2 saturated heterocycles. The number of carbonyl (C=O) groups excluding carboxylic acids is 1. The fourth-order valence-corrected chi connectivity index (χ4v) is 3.42. The van der Waals surface area contributed by atoms with Crippen molar-refractivity contribution in [1.82, 2.24) is 30.2 Å². The molecule has 0 spiro atoms. The largest absolute Gasteiger partial charge is 0.554 e. The van der Waals surface area contributed by atoms with Crippen molar-refractivity contribution in [2.24, 2.45) is 0 Å². The van der Waals surface area contributed by atoms with Crippen LogP contribution in [0, 0.1) is 29.0 Å². The molecule has 0 unspecified atom stereocenters. The Labute approximate surface area is 250 Å². The van der Waals surface area contributed by atoms with Gasteiger partial charge in [0, 0.05) is 151 Å². The van der Waals surface area contributed by atoms with Crippen LogP contribution >= 0.6 is 0 Å². The average Bonchev–Trinajstić information content (AvgIpc) is 2.71. The molecule has 0 aromatic carbocycles. The first kappa shape index (κ1) is 40.8. The number of rotatable bonds is 11. The van der Waals surface area contributed by atoms with Crippen molar-refractivity contribution < 1.29 is 74.9 Å². The van der Waals surface area contributed by atoms with Gasteiger partial charge in [0.15, 0.2) is 0 Å². The summed E-state index contributed by atoms with van der Waals surface area (Å²) in [5.41, 5.74) is 0. The number of nitrogens with one attached hydrogen (secondary N) is 2. The second-order valence-electron chi connectivity index (χ2n) is 7.51. The summed E-state index contributed by atoms with van der Waals surface area (Å²) in [5.74, 6) is 0.262. The number of likely N-dealkylation sites (N-methyl/N-ethyl adjacent to an activating group) is 1. The van der Waals surface area contributed by atoms with Crippen molar-refractivity contribution in [3.05, 3.63) is 29.0 Å². The zero-order valence-corrected chi connectivity index (χ0v) is 27.0. The average molecular weight is 606 g/mol. The molecule has 2 heterocycles. The molecule has 0 bridgehead atoms. The smallest absolute Gasteiger partial charge is 0.143 e. The molecule has 0 saturated carbocycles. The first-order valence-electron chi connectivity index (χ1n) is 10.5. The Morgan fingerprint density at radius 1 is 0.812 bits per heavy atom. The molecule has 2 aliphatic heterocycles. The summed E-state index contributed by atoms with van der Waals surface area (Å²) >= 11 is 0. The summed E-state index contributed by atoms with van der Waals surface area (Å²) < 4.78 is 4.82. The van der Waals surface area contributed by atoms with Crippen LogP contribution in [0.15, 0.2) is 0 Å². The van der Waals surface area contributed by atoms with E-state index in [1.165, 1.54) is 13.1 Å². The predicted octanol–water partition coefficient (Wildman–Crippen LogP) is 0.101. The quantitative estimate of drug-likeness (QED) is 0.322. The first-order valence-corrected chi connectivity index (χ1v) is 10.5. The van der Waals surface area contributed by atoms with Crippen LogP contribution in [-0.4, -0.2) is 131 Å². The van der Waals surface area contributed by atoms with Crippen molar-refractivity contribution in [2.75, 3.05) is 105 Å². The van der Waals surface area contributed by atoms with Gasteiger partial charge in [-0.1, -0.05) is 0 Å². The molecule has 188 valence electrons.